The van der Waals surface area contributed by atoms with Crippen LogP contribution in [-0.2, 0) is 14.4 Å². The van der Waals surface area contributed by atoms with Crippen LogP contribution in [0.25, 0.3) is 0 Å². The summed E-state index contributed by atoms with van der Waals surface area (Å²) in [6.45, 7) is -0.178. The van der Waals surface area contributed by atoms with E-state index in [1.165, 1.54) is 26.5 Å². The first-order valence-corrected chi connectivity index (χ1v) is 10.9. The highest BCUT2D eigenvalue weighted by atomic mass is 16.5. The van der Waals surface area contributed by atoms with E-state index >= 15 is 0 Å². The van der Waals surface area contributed by atoms with Crippen molar-refractivity contribution in [3.05, 3.63) is 72.3 Å². The minimum atomic E-state index is -0.969. The van der Waals surface area contributed by atoms with Crippen LogP contribution in [-0.4, -0.2) is 51.9 Å². The maximum absolute atomic E-state index is 12.2. The topological polar surface area (TPSA) is 137 Å². The van der Waals surface area contributed by atoms with Crippen LogP contribution in [0.3, 0.4) is 0 Å². The molecule has 0 saturated carbocycles. The molecule has 3 N–H and O–H groups in total. The van der Waals surface area contributed by atoms with Gasteiger partial charge in [0.25, 0.3) is 5.91 Å². The Morgan fingerprint density at radius 1 is 0.757 bits per heavy atom. The fraction of sp³-hybridized carbons (Fsp3) is 0.154. The maximum Gasteiger partial charge on any atom is 0.329 e. The largest absolute Gasteiger partial charge is 0.497 e. The van der Waals surface area contributed by atoms with Crippen LogP contribution in [0.2, 0.25) is 0 Å². The molecule has 3 amide bonds. The van der Waals surface area contributed by atoms with Crippen LogP contribution in [0, 0.1) is 0 Å². The van der Waals surface area contributed by atoms with Gasteiger partial charge in [-0.1, -0.05) is 0 Å². The van der Waals surface area contributed by atoms with Crippen LogP contribution >= 0.6 is 0 Å². The third-order valence-corrected chi connectivity index (χ3v) is 4.86. The molecule has 11 nitrogen and oxygen atoms in total. The van der Waals surface area contributed by atoms with Crippen LogP contribution in [0.4, 0.5) is 11.4 Å². The zero-order valence-corrected chi connectivity index (χ0v) is 20.4. The Morgan fingerprint density at radius 3 is 2.05 bits per heavy atom. The molecule has 0 heterocycles. The SMILES string of the molecule is COc1ccc(NC(=O)COc2ccc(/C=N\NC(=O)C(=O)Nc3cc(OC)ccc3OC)cc2)cc1. The Balaban J connectivity index is 1.45. The monoisotopic (exact) mass is 506 g/mol. The van der Waals surface area contributed by atoms with Crippen molar-refractivity contribution in [2.45, 2.75) is 0 Å². The number of nitrogens with one attached hydrogen (secondary N) is 3. The number of benzene rings is 3. The minimum Gasteiger partial charge on any atom is -0.497 e. The van der Waals surface area contributed by atoms with Crippen molar-refractivity contribution in [2.24, 2.45) is 5.10 Å². The number of carbonyl (C=O) groups excluding carboxylic acids is 3. The number of carbonyl (C=O) groups is 3. The number of rotatable bonds is 10. The second-order valence-corrected chi connectivity index (χ2v) is 7.35. The van der Waals surface area contributed by atoms with Crippen LogP contribution in [0.15, 0.2) is 71.8 Å². The summed E-state index contributed by atoms with van der Waals surface area (Å²) in [4.78, 5) is 36.4. The molecule has 37 heavy (non-hydrogen) atoms. The lowest BCUT2D eigenvalue weighted by molar-refractivity contribution is -0.136. The van der Waals surface area contributed by atoms with E-state index in [1.54, 1.807) is 67.8 Å². The van der Waals surface area contributed by atoms with Crippen molar-refractivity contribution in [3.8, 4) is 23.0 Å². The molecule has 0 fully saturated rings. The smallest absolute Gasteiger partial charge is 0.329 e. The van der Waals surface area contributed by atoms with Gasteiger partial charge in [0.05, 0.1) is 33.2 Å². The van der Waals surface area contributed by atoms with Crippen LogP contribution in [0.1, 0.15) is 5.56 Å². The van der Waals surface area contributed by atoms with E-state index in [2.05, 4.69) is 21.2 Å². The molecular formula is C26H26N4O7. The first-order valence-electron chi connectivity index (χ1n) is 10.9. The quantitative estimate of drug-likeness (QED) is 0.218. The number of hydrogen-bond donors (Lipinski definition) is 3. The Morgan fingerprint density at radius 2 is 1.41 bits per heavy atom. The number of hydrazone groups is 1. The average Bonchev–Trinajstić information content (AvgIpc) is 2.92. The molecule has 0 aliphatic rings. The molecule has 3 aromatic carbocycles. The molecule has 0 aliphatic heterocycles. The van der Waals surface area contributed by atoms with Gasteiger partial charge in [0.1, 0.15) is 23.0 Å². The summed E-state index contributed by atoms with van der Waals surface area (Å²) >= 11 is 0. The van der Waals surface area contributed by atoms with Gasteiger partial charge in [0.15, 0.2) is 6.61 Å². The van der Waals surface area contributed by atoms with Crippen LogP contribution < -0.4 is 35.0 Å². The third kappa shape index (κ3) is 7.99. The van der Waals surface area contributed by atoms with Crippen molar-refractivity contribution >= 4 is 35.3 Å². The molecular weight excluding hydrogens is 480 g/mol. The van der Waals surface area contributed by atoms with Crippen LogP contribution in [0.5, 0.6) is 23.0 Å². The number of anilines is 2. The number of amides is 3. The Labute approximate surface area is 213 Å². The van der Waals surface area contributed by atoms with Gasteiger partial charge in [0, 0.05) is 11.8 Å². The van der Waals surface area contributed by atoms with Crippen molar-refractivity contribution in [1.29, 1.82) is 0 Å². The van der Waals surface area contributed by atoms with Gasteiger partial charge in [-0.3, -0.25) is 14.4 Å². The Kier molecular flexibility index (Phi) is 9.43. The first-order chi connectivity index (χ1) is 17.9. The zero-order valence-electron chi connectivity index (χ0n) is 20.4. The fourth-order valence-corrected chi connectivity index (χ4v) is 2.98. The summed E-state index contributed by atoms with van der Waals surface area (Å²) in [5.74, 6) is -0.203. The van der Waals surface area contributed by atoms with E-state index in [0.29, 0.717) is 34.2 Å². The molecule has 0 unspecified atom stereocenters. The summed E-state index contributed by atoms with van der Waals surface area (Å²) in [5.41, 5.74) is 3.69. The zero-order chi connectivity index (χ0) is 26.6. The highest BCUT2D eigenvalue weighted by molar-refractivity contribution is 6.39. The predicted molar refractivity (Wildman–Crippen MR) is 137 cm³/mol. The third-order valence-electron chi connectivity index (χ3n) is 4.86. The maximum atomic E-state index is 12.2. The van der Waals surface area contributed by atoms with Gasteiger partial charge < -0.3 is 29.6 Å². The predicted octanol–water partition coefficient (Wildman–Crippen LogP) is 2.82. The molecule has 0 radical (unpaired) electrons. The number of ether oxygens (including phenoxy) is 4. The highest BCUT2D eigenvalue weighted by Gasteiger charge is 2.16. The molecule has 0 bridgehead atoms. The lowest BCUT2D eigenvalue weighted by Crippen LogP contribution is -2.32. The van der Waals surface area contributed by atoms with E-state index in [9.17, 15) is 14.4 Å². The second kappa shape index (κ2) is 13.1. The van der Waals surface area contributed by atoms with Crippen molar-refractivity contribution in [2.75, 3.05) is 38.6 Å². The molecule has 0 aliphatic carbocycles. The standard InChI is InChI=1S/C26H26N4O7/c1-34-19-10-6-18(7-11-19)28-24(31)16-37-20-8-4-17(5-9-20)15-27-30-26(33)25(32)29-22-14-21(35-2)12-13-23(22)36-3/h4-15H,16H2,1-3H3,(H,28,31)(H,29,32)(H,30,33)/b27-15-. The summed E-state index contributed by atoms with van der Waals surface area (Å²) in [6.07, 6.45) is 1.36. The summed E-state index contributed by atoms with van der Waals surface area (Å²) in [6, 6.07) is 18.4. The Hall–Kier alpha value is -5.06. The summed E-state index contributed by atoms with van der Waals surface area (Å²) < 4.78 is 20.8. The lowest BCUT2D eigenvalue weighted by Gasteiger charge is -2.11. The molecule has 11 heteroatoms. The van der Waals surface area contributed by atoms with Gasteiger partial charge >= 0.3 is 11.8 Å². The van der Waals surface area contributed by atoms with Crippen molar-refractivity contribution in [3.63, 3.8) is 0 Å². The summed E-state index contributed by atoms with van der Waals surface area (Å²) in [5, 5.41) is 8.96. The lowest BCUT2D eigenvalue weighted by atomic mass is 10.2. The van der Waals surface area contributed by atoms with Gasteiger partial charge in [-0.2, -0.15) is 5.10 Å². The molecule has 0 aromatic heterocycles. The van der Waals surface area contributed by atoms with Gasteiger partial charge in [-0.05, 0) is 66.2 Å². The Bertz CT molecular complexity index is 1260. The van der Waals surface area contributed by atoms with Crippen molar-refractivity contribution < 1.29 is 33.3 Å². The van der Waals surface area contributed by atoms with Gasteiger partial charge in [0.2, 0.25) is 0 Å². The van der Waals surface area contributed by atoms with E-state index < -0.39 is 11.8 Å². The highest BCUT2D eigenvalue weighted by Crippen LogP contribution is 2.28. The molecule has 0 atom stereocenters. The molecule has 0 saturated heterocycles. The minimum absolute atomic E-state index is 0.178. The average molecular weight is 507 g/mol. The summed E-state index contributed by atoms with van der Waals surface area (Å²) in [7, 11) is 4.49. The van der Waals surface area contributed by atoms with E-state index in [1.807, 2.05) is 0 Å². The number of nitrogens with zero attached hydrogens (tertiary/aromatic N) is 1. The second-order valence-electron chi connectivity index (χ2n) is 7.35. The van der Waals surface area contributed by atoms with Gasteiger partial charge in [-0.25, -0.2) is 5.43 Å². The molecule has 3 aromatic rings. The van der Waals surface area contributed by atoms with E-state index in [4.69, 9.17) is 18.9 Å². The fourth-order valence-electron chi connectivity index (χ4n) is 2.98. The van der Waals surface area contributed by atoms with Gasteiger partial charge in [-0.15, -0.1) is 0 Å². The normalized spacial score (nSPS) is 10.4. The van der Waals surface area contributed by atoms with Crippen molar-refractivity contribution in [1.82, 2.24) is 5.43 Å². The molecule has 3 rings (SSSR count). The molecule has 0 spiro atoms. The van der Waals surface area contributed by atoms with E-state index in [-0.39, 0.29) is 18.2 Å². The first kappa shape index (κ1) is 26.5. The number of methoxy groups -OCH3 is 3. The molecule has 192 valence electrons. The number of hydrogen-bond acceptors (Lipinski definition) is 8. The van der Waals surface area contributed by atoms with E-state index in [0.717, 1.165) is 0 Å².